The van der Waals surface area contributed by atoms with Crippen LogP contribution in [-0.2, 0) is 6.42 Å². The second-order valence-corrected chi connectivity index (χ2v) is 6.46. The minimum atomic E-state index is 0.939. The molecule has 0 saturated carbocycles. The fraction of sp³-hybridized carbons (Fsp3) is 0.167. The van der Waals surface area contributed by atoms with Crippen LogP contribution in [0.2, 0.25) is 0 Å². The van der Waals surface area contributed by atoms with Crippen LogP contribution in [0.1, 0.15) is 35.1 Å². The summed E-state index contributed by atoms with van der Waals surface area (Å²) in [6, 6.07) is 28.1. The molecule has 3 aromatic carbocycles. The first kappa shape index (κ1) is 15.7. The third-order valence-corrected chi connectivity index (χ3v) is 4.94. The van der Waals surface area contributed by atoms with Crippen LogP contribution in [0.25, 0.3) is 11.1 Å². The van der Waals surface area contributed by atoms with E-state index >= 15 is 0 Å². The third kappa shape index (κ3) is 3.10. The molecule has 1 aliphatic carbocycles. The third-order valence-electron chi connectivity index (χ3n) is 4.94. The standard InChI is InChI=1S/C24H22O/c1-25-21-15-16-23-20(17-21)13-8-14-22(18-9-4-2-5-10-18)24(23)19-11-6-3-7-12-19/h2-7,9-12,15-17H,8,13-14H2,1H3. The summed E-state index contributed by atoms with van der Waals surface area (Å²) in [6.07, 6.45) is 3.32. The topological polar surface area (TPSA) is 9.23 Å². The van der Waals surface area contributed by atoms with Crippen LogP contribution >= 0.6 is 0 Å². The predicted octanol–water partition coefficient (Wildman–Crippen LogP) is 5.99. The van der Waals surface area contributed by atoms with Crippen molar-refractivity contribution >= 4 is 11.1 Å². The Bertz CT molecular complexity index is 892. The largest absolute Gasteiger partial charge is 0.497 e. The second-order valence-electron chi connectivity index (χ2n) is 6.46. The van der Waals surface area contributed by atoms with Gasteiger partial charge in [0.1, 0.15) is 5.75 Å². The number of hydrogen-bond donors (Lipinski definition) is 0. The molecule has 124 valence electrons. The van der Waals surface area contributed by atoms with E-state index < -0.39 is 0 Å². The predicted molar refractivity (Wildman–Crippen MR) is 105 cm³/mol. The Morgan fingerprint density at radius 2 is 1.40 bits per heavy atom. The molecule has 1 aliphatic rings. The highest BCUT2D eigenvalue weighted by atomic mass is 16.5. The number of fused-ring (bicyclic) bond motifs is 1. The van der Waals surface area contributed by atoms with Gasteiger partial charge in [-0.1, -0.05) is 66.7 Å². The quantitative estimate of drug-likeness (QED) is 0.574. The van der Waals surface area contributed by atoms with Crippen molar-refractivity contribution in [3.05, 3.63) is 101 Å². The van der Waals surface area contributed by atoms with Crippen LogP contribution in [0.4, 0.5) is 0 Å². The molecule has 0 N–H and O–H groups in total. The SMILES string of the molecule is COc1ccc2c(c1)CCCC(c1ccccc1)=C2c1ccccc1. The van der Waals surface area contributed by atoms with Crippen LogP contribution in [0.5, 0.6) is 5.75 Å². The minimum Gasteiger partial charge on any atom is -0.497 e. The monoisotopic (exact) mass is 326 g/mol. The Labute approximate surface area is 149 Å². The summed E-state index contributed by atoms with van der Waals surface area (Å²) >= 11 is 0. The van der Waals surface area contributed by atoms with Gasteiger partial charge in [-0.05, 0) is 64.8 Å². The van der Waals surface area contributed by atoms with Crippen LogP contribution in [0.15, 0.2) is 78.9 Å². The maximum atomic E-state index is 5.46. The zero-order valence-corrected chi connectivity index (χ0v) is 14.5. The molecule has 0 unspecified atom stereocenters. The number of aryl methyl sites for hydroxylation is 1. The van der Waals surface area contributed by atoms with Crippen LogP contribution in [0, 0.1) is 0 Å². The molecule has 0 amide bonds. The molecular weight excluding hydrogens is 304 g/mol. The van der Waals surface area contributed by atoms with Crippen LogP contribution in [-0.4, -0.2) is 7.11 Å². The summed E-state index contributed by atoms with van der Waals surface area (Å²) in [5.41, 5.74) is 8.13. The van der Waals surface area contributed by atoms with Gasteiger partial charge in [-0.15, -0.1) is 0 Å². The van der Waals surface area contributed by atoms with E-state index in [-0.39, 0.29) is 0 Å². The lowest BCUT2D eigenvalue weighted by atomic mass is 9.88. The highest BCUT2D eigenvalue weighted by Gasteiger charge is 2.20. The highest BCUT2D eigenvalue weighted by Crippen LogP contribution is 2.40. The molecule has 0 aromatic heterocycles. The van der Waals surface area contributed by atoms with Gasteiger partial charge in [0.2, 0.25) is 0 Å². The summed E-state index contributed by atoms with van der Waals surface area (Å²) in [5, 5.41) is 0. The van der Waals surface area contributed by atoms with E-state index in [4.69, 9.17) is 4.74 Å². The van der Waals surface area contributed by atoms with Gasteiger partial charge in [0.05, 0.1) is 7.11 Å². The van der Waals surface area contributed by atoms with Crippen molar-refractivity contribution in [3.8, 4) is 5.75 Å². The van der Waals surface area contributed by atoms with E-state index in [1.165, 1.54) is 33.4 Å². The fourth-order valence-electron chi connectivity index (χ4n) is 3.75. The number of benzene rings is 3. The fourth-order valence-corrected chi connectivity index (χ4v) is 3.75. The molecule has 1 nitrogen and oxygen atoms in total. The molecule has 0 heterocycles. The first-order valence-electron chi connectivity index (χ1n) is 8.88. The van der Waals surface area contributed by atoms with E-state index in [9.17, 15) is 0 Å². The smallest absolute Gasteiger partial charge is 0.119 e. The highest BCUT2D eigenvalue weighted by molar-refractivity contribution is 5.99. The van der Waals surface area contributed by atoms with Crippen molar-refractivity contribution < 1.29 is 4.74 Å². The van der Waals surface area contributed by atoms with Gasteiger partial charge in [-0.3, -0.25) is 0 Å². The average Bonchev–Trinajstić information content (AvgIpc) is 2.88. The van der Waals surface area contributed by atoms with Crippen molar-refractivity contribution in [2.24, 2.45) is 0 Å². The number of methoxy groups -OCH3 is 1. The van der Waals surface area contributed by atoms with Crippen molar-refractivity contribution in [3.63, 3.8) is 0 Å². The lowest BCUT2D eigenvalue weighted by Crippen LogP contribution is -1.96. The Morgan fingerprint density at radius 3 is 2.08 bits per heavy atom. The van der Waals surface area contributed by atoms with Crippen LogP contribution < -0.4 is 4.74 Å². The van der Waals surface area contributed by atoms with E-state index in [2.05, 4.69) is 78.9 Å². The molecule has 0 bridgehead atoms. The van der Waals surface area contributed by atoms with Gasteiger partial charge in [-0.2, -0.15) is 0 Å². The van der Waals surface area contributed by atoms with Gasteiger partial charge in [0.15, 0.2) is 0 Å². The molecule has 0 aliphatic heterocycles. The van der Waals surface area contributed by atoms with Gasteiger partial charge in [0.25, 0.3) is 0 Å². The van der Waals surface area contributed by atoms with Gasteiger partial charge in [-0.25, -0.2) is 0 Å². The maximum absolute atomic E-state index is 5.46. The number of hydrogen-bond acceptors (Lipinski definition) is 1. The van der Waals surface area contributed by atoms with Gasteiger partial charge in [0, 0.05) is 0 Å². The van der Waals surface area contributed by atoms with Gasteiger partial charge < -0.3 is 4.74 Å². The van der Waals surface area contributed by atoms with E-state index in [0.29, 0.717) is 0 Å². The van der Waals surface area contributed by atoms with E-state index in [0.717, 1.165) is 25.0 Å². The lowest BCUT2D eigenvalue weighted by molar-refractivity contribution is 0.414. The molecule has 0 saturated heterocycles. The normalized spacial score (nSPS) is 14.0. The van der Waals surface area contributed by atoms with Crippen molar-refractivity contribution in [1.82, 2.24) is 0 Å². The molecule has 0 spiro atoms. The Kier molecular flexibility index (Phi) is 4.39. The second kappa shape index (κ2) is 6.98. The molecule has 0 radical (unpaired) electrons. The summed E-state index contributed by atoms with van der Waals surface area (Å²) < 4.78 is 5.46. The van der Waals surface area contributed by atoms with Crippen molar-refractivity contribution in [1.29, 1.82) is 0 Å². The summed E-state index contributed by atoms with van der Waals surface area (Å²) in [4.78, 5) is 0. The first-order valence-corrected chi connectivity index (χ1v) is 8.88. The molecular formula is C24H22O. The minimum absolute atomic E-state index is 0.939. The Balaban J connectivity index is 1.99. The molecule has 0 fully saturated rings. The number of rotatable bonds is 3. The molecule has 3 aromatic rings. The van der Waals surface area contributed by atoms with Gasteiger partial charge >= 0.3 is 0 Å². The summed E-state index contributed by atoms with van der Waals surface area (Å²) in [7, 11) is 1.74. The van der Waals surface area contributed by atoms with Crippen LogP contribution in [0.3, 0.4) is 0 Å². The Hall–Kier alpha value is -2.80. The molecule has 1 heteroatoms. The molecule has 4 rings (SSSR count). The maximum Gasteiger partial charge on any atom is 0.119 e. The number of ether oxygens (including phenoxy) is 1. The first-order chi connectivity index (χ1) is 12.4. The summed E-state index contributed by atoms with van der Waals surface area (Å²) in [5.74, 6) is 0.939. The molecule has 0 atom stereocenters. The van der Waals surface area contributed by atoms with Crippen molar-refractivity contribution in [2.45, 2.75) is 19.3 Å². The lowest BCUT2D eigenvalue weighted by Gasteiger charge is -2.17. The van der Waals surface area contributed by atoms with E-state index in [1.54, 1.807) is 7.11 Å². The summed E-state index contributed by atoms with van der Waals surface area (Å²) in [6.45, 7) is 0. The average molecular weight is 326 g/mol. The van der Waals surface area contributed by atoms with Crippen molar-refractivity contribution in [2.75, 3.05) is 7.11 Å². The van der Waals surface area contributed by atoms with E-state index in [1.807, 2.05) is 0 Å². The number of allylic oxidation sites excluding steroid dienone is 1. The zero-order chi connectivity index (χ0) is 17.1. The zero-order valence-electron chi connectivity index (χ0n) is 14.5. The molecule has 25 heavy (non-hydrogen) atoms. The Morgan fingerprint density at radius 1 is 0.720 bits per heavy atom.